The Bertz CT molecular complexity index is 876. The third kappa shape index (κ3) is 4.57. The molecule has 3 nitrogen and oxygen atoms in total. The highest BCUT2D eigenvalue weighted by atomic mass is 35.5. The van der Waals surface area contributed by atoms with Crippen molar-refractivity contribution in [2.45, 2.75) is 17.2 Å². The molecule has 0 radical (unpaired) electrons. The number of nitrogens with one attached hydrogen (secondary N) is 1. The summed E-state index contributed by atoms with van der Waals surface area (Å²) in [5, 5.41) is -0.620. The Morgan fingerprint density at radius 3 is 1.88 bits per heavy atom. The Hall–Kier alpha value is -1.94. The third-order valence-electron chi connectivity index (χ3n) is 3.02. The van der Waals surface area contributed by atoms with Crippen molar-refractivity contribution in [3.8, 4) is 0 Å². The molecule has 2 aromatic carbocycles. The van der Waals surface area contributed by atoms with Gasteiger partial charge >= 0.3 is 12.4 Å². The third-order valence-corrected chi connectivity index (χ3v) is 4.74. The predicted molar refractivity (Wildman–Crippen MR) is 78.7 cm³/mol. The van der Waals surface area contributed by atoms with Crippen molar-refractivity contribution in [1.29, 1.82) is 0 Å². The fourth-order valence-corrected chi connectivity index (χ4v) is 3.12. The van der Waals surface area contributed by atoms with Gasteiger partial charge in [0.15, 0.2) is 0 Å². The van der Waals surface area contributed by atoms with Crippen LogP contribution in [0.5, 0.6) is 0 Å². The van der Waals surface area contributed by atoms with Crippen LogP contribution in [-0.4, -0.2) is 8.42 Å². The Labute approximate surface area is 143 Å². The minimum absolute atomic E-state index is 0.434. The van der Waals surface area contributed by atoms with Crippen LogP contribution in [0.1, 0.15) is 11.1 Å². The van der Waals surface area contributed by atoms with E-state index in [1.54, 1.807) is 0 Å². The van der Waals surface area contributed by atoms with Crippen LogP contribution in [0.2, 0.25) is 5.02 Å². The molecule has 0 aliphatic heterocycles. The highest BCUT2D eigenvalue weighted by Gasteiger charge is 2.34. The van der Waals surface area contributed by atoms with E-state index in [1.165, 1.54) is 0 Å². The monoisotopic (exact) mass is 403 g/mol. The maximum Gasteiger partial charge on any atom is 0.417 e. The van der Waals surface area contributed by atoms with Gasteiger partial charge in [-0.15, -0.1) is 0 Å². The second kappa shape index (κ2) is 6.41. The van der Waals surface area contributed by atoms with Crippen LogP contribution in [0.4, 0.5) is 32.0 Å². The molecule has 0 aliphatic rings. The van der Waals surface area contributed by atoms with Gasteiger partial charge in [0.05, 0.1) is 21.0 Å². The molecule has 0 fully saturated rings. The Morgan fingerprint density at radius 1 is 0.840 bits per heavy atom. The van der Waals surface area contributed by atoms with E-state index < -0.39 is 49.1 Å². The molecular formula is C14H8ClF6NO2S. The van der Waals surface area contributed by atoms with Gasteiger partial charge in [-0.1, -0.05) is 11.6 Å². The van der Waals surface area contributed by atoms with E-state index in [0.717, 1.165) is 12.1 Å². The topological polar surface area (TPSA) is 46.2 Å². The van der Waals surface area contributed by atoms with E-state index >= 15 is 0 Å². The number of benzene rings is 2. The normalized spacial score (nSPS) is 12.9. The van der Waals surface area contributed by atoms with Crippen molar-refractivity contribution < 1.29 is 34.8 Å². The molecule has 0 saturated heterocycles. The van der Waals surface area contributed by atoms with E-state index in [4.69, 9.17) is 11.6 Å². The van der Waals surface area contributed by atoms with Gasteiger partial charge in [-0.2, -0.15) is 26.3 Å². The summed E-state index contributed by atoms with van der Waals surface area (Å²) in [7, 11) is -4.38. The van der Waals surface area contributed by atoms with Crippen molar-refractivity contribution >= 4 is 27.3 Å². The number of anilines is 1. The van der Waals surface area contributed by atoms with Gasteiger partial charge in [-0.25, -0.2) is 8.42 Å². The van der Waals surface area contributed by atoms with E-state index in [-0.39, 0.29) is 0 Å². The molecule has 25 heavy (non-hydrogen) atoms. The highest BCUT2D eigenvalue weighted by molar-refractivity contribution is 7.92. The molecule has 0 atom stereocenters. The van der Waals surface area contributed by atoms with Gasteiger partial charge in [-0.05, 0) is 42.5 Å². The zero-order valence-electron chi connectivity index (χ0n) is 11.9. The second-order valence-electron chi connectivity index (χ2n) is 4.82. The molecule has 0 aliphatic carbocycles. The molecule has 0 aromatic heterocycles. The van der Waals surface area contributed by atoms with Crippen LogP contribution in [0.3, 0.4) is 0 Å². The van der Waals surface area contributed by atoms with Crippen molar-refractivity contribution in [2.75, 3.05) is 4.72 Å². The van der Waals surface area contributed by atoms with E-state index in [9.17, 15) is 34.8 Å². The van der Waals surface area contributed by atoms with Gasteiger partial charge in [0.2, 0.25) is 0 Å². The van der Waals surface area contributed by atoms with Crippen molar-refractivity contribution in [3.05, 3.63) is 58.6 Å². The molecule has 0 amide bonds. The van der Waals surface area contributed by atoms with E-state index in [1.807, 2.05) is 4.72 Å². The lowest BCUT2D eigenvalue weighted by atomic mass is 10.2. The molecule has 0 heterocycles. The smallest absolute Gasteiger partial charge is 0.280 e. The highest BCUT2D eigenvalue weighted by Crippen LogP contribution is 2.36. The molecule has 0 saturated carbocycles. The number of rotatable bonds is 3. The van der Waals surface area contributed by atoms with Gasteiger partial charge in [-0.3, -0.25) is 4.72 Å². The van der Waals surface area contributed by atoms with Crippen molar-refractivity contribution in [1.82, 2.24) is 0 Å². The lowest BCUT2D eigenvalue weighted by Gasteiger charge is -2.13. The molecule has 1 N–H and O–H groups in total. The fourth-order valence-electron chi connectivity index (χ4n) is 1.84. The molecule has 2 rings (SSSR count). The molecule has 0 unspecified atom stereocenters. The summed E-state index contributed by atoms with van der Waals surface area (Å²) in [5.41, 5.74) is -2.74. The van der Waals surface area contributed by atoms with E-state index in [0.29, 0.717) is 30.3 Å². The standard InChI is InChI=1S/C14H8ClF6NO2S/c15-12-6-3-9(7-11(12)14(19,20)21)22-25(23,24)10-4-1-8(2-5-10)13(16,17)18/h1-7,22H. The van der Waals surface area contributed by atoms with E-state index in [2.05, 4.69) is 0 Å². The summed E-state index contributed by atoms with van der Waals surface area (Å²) in [6.45, 7) is 0. The minimum atomic E-state index is -4.80. The summed E-state index contributed by atoms with van der Waals surface area (Å²) in [6, 6.07) is 4.85. The van der Waals surface area contributed by atoms with Crippen LogP contribution >= 0.6 is 11.6 Å². The largest absolute Gasteiger partial charge is 0.417 e. The summed E-state index contributed by atoms with van der Waals surface area (Å²) >= 11 is 5.43. The maximum atomic E-state index is 12.8. The molecule has 0 bridgehead atoms. The predicted octanol–water partition coefficient (Wildman–Crippen LogP) is 5.18. The summed E-state index contributed by atoms with van der Waals surface area (Å²) < 4.78 is 102. The minimum Gasteiger partial charge on any atom is -0.280 e. The van der Waals surface area contributed by atoms with Gasteiger partial charge in [0.25, 0.3) is 10.0 Å². The van der Waals surface area contributed by atoms with Crippen LogP contribution < -0.4 is 4.72 Å². The fraction of sp³-hybridized carbons (Fsp3) is 0.143. The number of hydrogen-bond donors (Lipinski definition) is 1. The zero-order chi connectivity index (χ0) is 19.0. The van der Waals surface area contributed by atoms with Crippen LogP contribution in [0.25, 0.3) is 0 Å². The van der Waals surface area contributed by atoms with Crippen LogP contribution in [0.15, 0.2) is 47.4 Å². The molecule has 136 valence electrons. The summed E-state index contributed by atoms with van der Waals surface area (Å²) in [4.78, 5) is -0.538. The lowest BCUT2D eigenvalue weighted by Crippen LogP contribution is -2.15. The average molecular weight is 404 g/mol. The Morgan fingerprint density at radius 2 is 1.40 bits per heavy atom. The van der Waals surface area contributed by atoms with Crippen LogP contribution in [-0.2, 0) is 22.4 Å². The van der Waals surface area contributed by atoms with Crippen LogP contribution in [0, 0.1) is 0 Å². The molecular weight excluding hydrogens is 396 g/mol. The molecule has 2 aromatic rings. The first kappa shape index (κ1) is 19.4. The quantitative estimate of drug-likeness (QED) is 0.718. The first-order valence-corrected chi connectivity index (χ1v) is 8.23. The summed E-state index contributed by atoms with van der Waals surface area (Å²) in [5.74, 6) is 0. The first-order valence-electron chi connectivity index (χ1n) is 6.37. The molecule has 0 spiro atoms. The van der Waals surface area contributed by atoms with Gasteiger partial charge in [0, 0.05) is 5.69 Å². The zero-order valence-corrected chi connectivity index (χ0v) is 13.5. The van der Waals surface area contributed by atoms with Crippen molar-refractivity contribution in [3.63, 3.8) is 0 Å². The average Bonchev–Trinajstić information content (AvgIpc) is 2.47. The van der Waals surface area contributed by atoms with Crippen molar-refractivity contribution in [2.24, 2.45) is 0 Å². The first-order chi connectivity index (χ1) is 11.3. The summed E-state index contributed by atoms with van der Waals surface area (Å²) in [6.07, 6.45) is -9.44. The SMILES string of the molecule is O=S(=O)(Nc1ccc(Cl)c(C(F)(F)F)c1)c1ccc(C(F)(F)F)cc1. The Balaban J connectivity index is 2.33. The van der Waals surface area contributed by atoms with Gasteiger partial charge < -0.3 is 0 Å². The number of sulfonamides is 1. The maximum absolute atomic E-state index is 12.8. The van der Waals surface area contributed by atoms with Gasteiger partial charge in [0.1, 0.15) is 0 Å². The number of halogens is 7. The number of hydrogen-bond acceptors (Lipinski definition) is 2. The molecule has 11 heteroatoms. The number of alkyl halides is 6. The Kier molecular flexibility index (Phi) is 4.97. The second-order valence-corrected chi connectivity index (χ2v) is 6.91. The lowest BCUT2D eigenvalue weighted by molar-refractivity contribution is -0.138.